The van der Waals surface area contributed by atoms with Gasteiger partial charge >= 0.3 is 6.03 Å². The third-order valence-corrected chi connectivity index (χ3v) is 4.21. The van der Waals surface area contributed by atoms with Crippen molar-refractivity contribution in [1.82, 2.24) is 10.3 Å². The fourth-order valence-corrected chi connectivity index (χ4v) is 2.65. The highest BCUT2D eigenvalue weighted by Crippen LogP contribution is 2.14. The predicted molar refractivity (Wildman–Crippen MR) is 85.1 cm³/mol. The molecular formula is C14H14ClN3O3S. The molecule has 116 valence electrons. The number of aryl methyl sites for hydroxylation is 1. The molecule has 2 rings (SSSR count). The van der Waals surface area contributed by atoms with Gasteiger partial charge in [0.05, 0.1) is 4.90 Å². The summed E-state index contributed by atoms with van der Waals surface area (Å²) < 4.78 is 24.0. The highest BCUT2D eigenvalue weighted by molar-refractivity contribution is 7.89. The third kappa shape index (κ3) is 4.45. The molecule has 0 saturated carbocycles. The Morgan fingerprint density at radius 3 is 2.41 bits per heavy atom. The van der Waals surface area contributed by atoms with Gasteiger partial charge in [0.25, 0.3) is 10.0 Å². The van der Waals surface area contributed by atoms with E-state index in [1.165, 1.54) is 18.2 Å². The van der Waals surface area contributed by atoms with Crippen molar-refractivity contribution in [2.45, 2.75) is 11.8 Å². The van der Waals surface area contributed by atoms with Gasteiger partial charge in [-0.05, 0) is 37.3 Å². The van der Waals surface area contributed by atoms with E-state index >= 15 is 0 Å². The molecular weight excluding hydrogens is 326 g/mol. The number of anilines is 1. The number of hydrogen-bond acceptors (Lipinski definition) is 3. The van der Waals surface area contributed by atoms with Crippen LogP contribution in [0.1, 0.15) is 5.56 Å². The van der Waals surface area contributed by atoms with E-state index in [-0.39, 0.29) is 4.90 Å². The number of carbonyl (C=O) groups is 1. The SMILES string of the molecule is Cc1ccc(S(=O)(=O)NNC(=O)Nc2cccc(Cl)c2)cc1. The number of amides is 2. The first kappa shape index (κ1) is 16.3. The molecule has 0 fully saturated rings. The van der Waals surface area contributed by atoms with Gasteiger partial charge in [-0.15, -0.1) is 4.83 Å². The van der Waals surface area contributed by atoms with E-state index in [1.54, 1.807) is 30.3 Å². The Balaban J connectivity index is 1.97. The molecule has 0 aliphatic heterocycles. The van der Waals surface area contributed by atoms with Crippen molar-refractivity contribution < 1.29 is 13.2 Å². The van der Waals surface area contributed by atoms with E-state index in [0.29, 0.717) is 10.7 Å². The van der Waals surface area contributed by atoms with E-state index in [2.05, 4.69) is 10.7 Å². The van der Waals surface area contributed by atoms with Crippen LogP contribution in [0.2, 0.25) is 5.02 Å². The monoisotopic (exact) mass is 339 g/mol. The van der Waals surface area contributed by atoms with Crippen molar-refractivity contribution >= 4 is 33.3 Å². The molecule has 0 spiro atoms. The van der Waals surface area contributed by atoms with E-state index in [0.717, 1.165) is 5.56 Å². The molecule has 0 unspecified atom stereocenters. The van der Waals surface area contributed by atoms with Crippen LogP contribution in [0, 0.1) is 6.92 Å². The van der Waals surface area contributed by atoms with Crippen LogP contribution in [-0.4, -0.2) is 14.4 Å². The van der Waals surface area contributed by atoms with Gasteiger partial charge in [-0.3, -0.25) is 5.43 Å². The summed E-state index contributed by atoms with van der Waals surface area (Å²) in [7, 11) is -3.82. The Kier molecular flexibility index (Phi) is 5.02. The number of carbonyl (C=O) groups excluding carboxylic acids is 1. The highest BCUT2D eigenvalue weighted by Gasteiger charge is 2.14. The number of rotatable bonds is 4. The molecule has 0 aliphatic carbocycles. The molecule has 3 N–H and O–H groups in total. The fraction of sp³-hybridized carbons (Fsp3) is 0.0714. The number of hydrogen-bond donors (Lipinski definition) is 3. The van der Waals surface area contributed by atoms with Crippen molar-refractivity contribution in [3.8, 4) is 0 Å². The molecule has 0 saturated heterocycles. The Hall–Kier alpha value is -2.09. The van der Waals surface area contributed by atoms with Gasteiger partial charge in [0.2, 0.25) is 0 Å². The molecule has 0 aliphatic rings. The summed E-state index contributed by atoms with van der Waals surface area (Å²) in [5.41, 5.74) is 3.45. The predicted octanol–water partition coefficient (Wildman–Crippen LogP) is 2.66. The van der Waals surface area contributed by atoms with E-state index < -0.39 is 16.1 Å². The summed E-state index contributed by atoms with van der Waals surface area (Å²) in [4.78, 5) is 13.7. The van der Waals surface area contributed by atoms with Crippen LogP contribution in [0.4, 0.5) is 10.5 Å². The van der Waals surface area contributed by atoms with Crippen molar-refractivity contribution in [2.75, 3.05) is 5.32 Å². The standard InChI is InChI=1S/C14H14ClN3O3S/c1-10-5-7-13(8-6-10)22(20,21)18-17-14(19)16-12-4-2-3-11(15)9-12/h2-9,18H,1H3,(H2,16,17,19). The first-order valence-electron chi connectivity index (χ1n) is 6.28. The lowest BCUT2D eigenvalue weighted by Gasteiger charge is -2.10. The summed E-state index contributed by atoms with van der Waals surface area (Å²) in [5, 5.41) is 2.91. The maximum Gasteiger partial charge on any atom is 0.334 e. The van der Waals surface area contributed by atoms with Gasteiger partial charge in [-0.25, -0.2) is 13.2 Å². The lowest BCUT2D eigenvalue weighted by Crippen LogP contribution is -2.43. The third-order valence-electron chi connectivity index (χ3n) is 2.71. The van der Waals surface area contributed by atoms with Crippen molar-refractivity contribution in [1.29, 1.82) is 0 Å². The number of halogens is 1. The average molecular weight is 340 g/mol. The zero-order valence-electron chi connectivity index (χ0n) is 11.6. The summed E-state index contributed by atoms with van der Waals surface area (Å²) in [6, 6.07) is 12.0. The van der Waals surface area contributed by atoms with Gasteiger partial charge in [-0.1, -0.05) is 35.4 Å². The Morgan fingerprint density at radius 1 is 1.09 bits per heavy atom. The number of nitrogens with one attached hydrogen (secondary N) is 3. The highest BCUT2D eigenvalue weighted by atomic mass is 35.5. The summed E-state index contributed by atoms with van der Waals surface area (Å²) in [5.74, 6) is 0. The van der Waals surface area contributed by atoms with Crippen LogP contribution >= 0.6 is 11.6 Å². The van der Waals surface area contributed by atoms with Gasteiger partial charge in [-0.2, -0.15) is 0 Å². The van der Waals surface area contributed by atoms with Gasteiger partial charge < -0.3 is 5.32 Å². The molecule has 0 radical (unpaired) electrons. The van der Waals surface area contributed by atoms with Crippen LogP contribution in [0.5, 0.6) is 0 Å². The van der Waals surface area contributed by atoms with Gasteiger partial charge in [0, 0.05) is 10.7 Å². The average Bonchev–Trinajstić information content (AvgIpc) is 2.46. The van der Waals surface area contributed by atoms with Crippen LogP contribution in [-0.2, 0) is 10.0 Å². The molecule has 2 aromatic rings. The first-order chi connectivity index (χ1) is 10.4. The first-order valence-corrected chi connectivity index (χ1v) is 8.14. The molecule has 0 bridgehead atoms. The van der Waals surface area contributed by atoms with Crippen LogP contribution in [0.25, 0.3) is 0 Å². The Labute approximate surface area is 133 Å². The molecule has 0 heterocycles. The van der Waals surface area contributed by atoms with Gasteiger partial charge in [0.15, 0.2) is 0 Å². The second-order valence-electron chi connectivity index (χ2n) is 4.51. The maximum absolute atomic E-state index is 12.0. The van der Waals surface area contributed by atoms with Crippen LogP contribution < -0.4 is 15.6 Å². The van der Waals surface area contributed by atoms with Crippen molar-refractivity contribution in [3.63, 3.8) is 0 Å². The normalized spacial score (nSPS) is 11.0. The second kappa shape index (κ2) is 6.78. The summed E-state index contributed by atoms with van der Waals surface area (Å²) in [6.07, 6.45) is 0. The minimum atomic E-state index is -3.82. The zero-order valence-corrected chi connectivity index (χ0v) is 13.2. The van der Waals surface area contributed by atoms with Crippen LogP contribution in [0.3, 0.4) is 0 Å². The van der Waals surface area contributed by atoms with Crippen molar-refractivity contribution in [2.24, 2.45) is 0 Å². The topological polar surface area (TPSA) is 87.3 Å². The molecule has 0 atom stereocenters. The lowest BCUT2D eigenvalue weighted by molar-refractivity contribution is 0.250. The minimum absolute atomic E-state index is 0.0566. The summed E-state index contributed by atoms with van der Waals surface area (Å²) >= 11 is 5.79. The zero-order chi connectivity index (χ0) is 16.2. The number of urea groups is 1. The smallest absolute Gasteiger partial charge is 0.307 e. The van der Waals surface area contributed by atoms with E-state index in [4.69, 9.17) is 11.6 Å². The molecule has 0 aromatic heterocycles. The number of benzene rings is 2. The van der Waals surface area contributed by atoms with E-state index in [1.807, 2.05) is 11.8 Å². The summed E-state index contributed by atoms with van der Waals surface area (Å²) in [6.45, 7) is 1.85. The van der Waals surface area contributed by atoms with Gasteiger partial charge in [0.1, 0.15) is 0 Å². The Bertz CT molecular complexity index is 776. The molecule has 2 amide bonds. The lowest BCUT2D eigenvalue weighted by atomic mass is 10.2. The van der Waals surface area contributed by atoms with Crippen LogP contribution in [0.15, 0.2) is 53.4 Å². The molecule has 8 heteroatoms. The van der Waals surface area contributed by atoms with E-state index in [9.17, 15) is 13.2 Å². The molecule has 6 nitrogen and oxygen atoms in total. The number of hydrazine groups is 1. The maximum atomic E-state index is 12.0. The Morgan fingerprint density at radius 2 is 1.77 bits per heavy atom. The van der Waals surface area contributed by atoms with Crippen molar-refractivity contribution in [3.05, 3.63) is 59.1 Å². The molecule has 22 heavy (non-hydrogen) atoms. The molecule has 2 aromatic carbocycles. The number of sulfonamides is 1. The second-order valence-corrected chi connectivity index (χ2v) is 6.63. The minimum Gasteiger partial charge on any atom is -0.307 e. The largest absolute Gasteiger partial charge is 0.334 e. The fourth-order valence-electron chi connectivity index (χ4n) is 1.62. The quantitative estimate of drug-likeness (QED) is 0.748.